The summed E-state index contributed by atoms with van der Waals surface area (Å²) in [6.07, 6.45) is 0. The van der Waals surface area contributed by atoms with E-state index >= 15 is 0 Å². The maximum atomic E-state index is 13.1. The van der Waals surface area contributed by atoms with Gasteiger partial charge in [-0.1, -0.05) is 0 Å². The van der Waals surface area contributed by atoms with Crippen molar-refractivity contribution >= 4 is 21.6 Å². The van der Waals surface area contributed by atoms with Gasteiger partial charge in [0.25, 0.3) is 0 Å². The van der Waals surface area contributed by atoms with E-state index in [4.69, 9.17) is 0 Å². The molecule has 2 aromatic rings. The van der Waals surface area contributed by atoms with Crippen LogP contribution in [-0.4, -0.2) is 10.1 Å². The molecule has 94 valence electrons. The van der Waals surface area contributed by atoms with E-state index in [1.807, 2.05) is 6.92 Å². The van der Waals surface area contributed by atoms with Crippen molar-refractivity contribution in [3.05, 3.63) is 52.0 Å². The predicted molar refractivity (Wildman–Crippen MR) is 72.1 cm³/mol. The highest BCUT2D eigenvalue weighted by Crippen LogP contribution is 2.24. The van der Waals surface area contributed by atoms with Gasteiger partial charge in [0.05, 0.1) is 12.2 Å². The Hall–Kier alpha value is -1.62. The summed E-state index contributed by atoms with van der Waals surface area (Å²) in [6, 6.07) is 7.71. The van der Waals surface area contributed by atoms with Crippen molar-refractivity contribution in [2.24, 2.45) is 0 Å². The predicted octanol–water partition coefficient (Wildman–Crippen LogP) is 3.61. The van der Waals surface area contributed by atoms with Crippen LogP contribution < -0.4 is 5.32 Å². The smallest absolute Gasteiger partial charge is 0.138 e. The average molecular weight is 311 g/mol. The van der Waals surface area contributed by atoms with Crippen LogP contribution in [0.5, 0.6) is 5.75 Å². The minimum absolute atomic E-state index is 0.126. The van der Waals surface area contributed by atoms with Crippen molar-refractivity contribution < 1.29 is 9.50 Å². The van der Waals surface area contributed by atoms with Crippen molar-refractivity contribution in [2.75, 3.05) is 5.32 Å². The van der Waals surface area contributed by atoms with E-state index in [0.29, 0.717) is 17.9 Å². The average Bonchev–Trinajstić information content (AvgIpc) is 2.34. The van der Waals surface area contributed by atoms with Crippen LogP contribution >= 0.6 is 15.9 Å². The molecule has 0 atom stereocenters. The highest BCUT2D eigenvalue weighted by atomic mass is 79.9. The summed E-state index contributed by atoms with van der Waals surface area (Å²) in [5.41, 5.74) is 1.98. The summed E-state index contributed by atoms with van der Waals surface area (Å²) in [5.74, 6) is -0.192. The fraction of sp³-hybridized carbons (Fsp3) is 0.154. The third kappa shape index (κ3) is 2.98. The molecule has 0 saturated carbocycles. The van der Waals surface area contributed by atoms with Gasteiger partial charge in [0.1, 0.15) is 17.3 Å². The zero-order valence-electron chi connectivity index (χ0n) is 9.74. The number of nitrogens with zero attached hydrogens (tertiary/aromatic N) is 1. The zero-order chi connectivity index (χ0) is 13.1. The first-order chi connectivity index (χ1) is 8.56. The maximum absolute atomic E-state index is 13.1. The lowest BCUT2D eigenvalue weighted by Crippen LogP contribution is -2.03. The number of pyridine rings is 1. The number of halogens is 2. The lowest BCUT2D eigenvalue weighted by Gasteiger charge is -2.10. The summed E-state index contributed by atoms with van der Waals surface area (Å²) in [7, 11) is 0. The lowest BCUT2D eigenvalue weighted by atomic mass is 10.2. The molecule has 0 radical (unpaired) electrons. The van der Waals surface area contributed by atoms with E-state index in [0.717, 1.165) is 10.2 Å². The van der Waals surface area contributed by atoms with Crippen LogP contribution in [0.25, 0.3) is 0 Å². The second-order valence-corrected chi connectivity index (χ2v) is 4.75. The molecule has 5 heteroatoms. The van der Waals surface area contributed by atoms with E-state index in [-0.39, 0.29) is 11.6 Å². The van der Waals surface area contributed by atoms with Gasteiger partial charge in [-0.3, -0.25) is 4.98 Å². The van der Waals surface area contributed by atoms with Crippen molar-refractivity contribution in [1.82, 2.24) is 4.98 Å². The Balaban J connectivity index is 2.16. The van der Waals surface area contributed by atoms with Crippen molar-refractivity contribution in [3.63, 3.8) is 0 Å². The van der Waals surface area contributed by atoms with E-state index in [2.05, 4.69) is 26.2 Å². The van der Waals surface area contributed by atoms with Gasteiger partial charge in [-0.05, 0) is 53.2 Å². The van der Waals surface area contributed by atoms with E-state index in [9.17, 15) is 9.50 Å². The fourth-order valence-electron chi connectivity index (χ4n) is 1.55. The van der Waals surface area contributed by atoms with Crippen LogP contribution in [0.1, 0.15) is 11.4 Å². The van der Waals surface area contributed by atoms with Crippen LogP contribution in [-0.2, 0) is 6.54 Å². The molecule has 3 nitrogen and oxygen atoms in total. The maximum Gasteiger partial charge on any atom is 0.138 e. The van der Waals surface area contributed by atoms with Gasteiger partial charge in [0.2, 0.25) is 0 Å². The third-order valence-electron chi connectivity index (χ3n) is 2.46. The molecule has 0 spiro atoms. The number of aromatic nitrogens is 1. The molecule has 0 aliphatic heterocycles. The molecule has 0 fully saturated rings. The van der Waals surface area contributed by atoms with Crippen LogP contribution in [0.3, 0.4) is 0 Å². The normalized spacial score (nSPS) is 10.4. The molecule has 1 aromatic carbocycles. The van der Waals surface area contributed by atoms with Crippen LogP contribution in [0, 0.1) is 12.7 Å². The number of hydrogen-bond acceptors (Lipinski definition) is 3. The van der Waals surface area contributed by atoms with Gasteiger partial charge in [-0.25, -0.2) is 4.39 Å². The molecular formula is C13H12BrFN2O. The summed E-state index contributed by atoms with van der Waals surface area (Å²) in [5, 5.41) is 12.7. The number of hydrogen-bond donors (Lipinski definition) is 2. The summed E-state index contributed by atoms with van der Waals surface area (Å²) in [6.45, 7) is 2.18. The molecule has 0 aliphatic rings. The number of nitrogens with one attached hydrogen (secondary N) is 1. The first-order valence-corrected chi connectivity index (χ1v) is 6.20. The molecule has 2 rings (SSSR count). The van der Waals surface area contributed by atoms with Crippen LogP contribution in [0.15, 0.2) is 34.8 Å². The van der Waals surface area contributed by atoms with Gasteiger partial charge in [0.15, 0.2) is 0 Å². The van der Waals surface area contributed by atoms with Crippen LogP contribution in [0.4, 0.5) is 10.1 Å². The molecule has 0 bridgehead atoms. The summed E-state index contributed by atoms with van der Waals surface area (Å²) < 4.78 is 13.9. The van der Waals surface area contributed by atoms with Crippen molar-refractivity contribution in [2.45, 2.75) is 13.5 Å². The largest absolute Gasteiger partial charge is 0.506 e. The number of rotatable bonds is 3. The van der Waals surface area contributed by atoms with Gasteiger partial charge in [-0.15, -0.1) is 0 Å². The summed E-state index contributed by atoms with van der Waals surface area (Å²) in [4.78, 5) is 4.22. The van der Waals surface area contributed by atoms with Gasteiger partial charge in [-0.2, -0.15) is 0 Å². The topological polar surface area (TPSA) is 45.1 Å². The zero-order valence-corrected chi connectivity index (χ0v) is 11.3. The number of anilines is 1. The van der Waals surface area contributed by atoms with E-state index in [1.54, 1.807) is 18.2 Å². The fourth-order valence-corrected chi connectivity index (χ4v) is 1.93. The standard InChI is InChI=1S/C13H12BrFN2O/c1-8-2-5-13(18)12(17-8)7-16-11-6-9(15)3-4-10(11)14/h2-6,16,18H,7H2,1H3. The number of aryl methyl sites for hydroxylation is 1. The Morgan fingerprint density at radius 2 is 2.11 bits per heavy atom. The quantitative estimate of drug-likeness (QED) is 0.910. The number of aromatic hydroxyl groups is 1. The Bertz CT molecular complexity index is 523. The van der Waals surface area contributed by atoms with Gasteiger partial charge < -0.3 is 10.4 Å². The number of benzene rings is 1. The first-order valence-electron chi connectivity index (χ1n) is 5.40. The Morgan fingerprint density at radius 3 is 2.89 bits per heavy atom. The molecule has 18 heavy (non-hydrogen) atoms. The first kappa shape index (κ1) is 12.8. The highest BCUT2D eigenvalue weighted by Gasteiger charge is 2.05. The van der Waals surface area contributed by atoms with Crippen molar-refractivity contribution in [1.29, 1.82) is 0 Å². The second-order valence-electron chi connectivity index (χ2n) is 3.90. The SMILES string of the molecule is Cc1ccc(O)c(CNc2cc(F)ccc2Br)n1. The molecule has 0 unspecified atom stereocenters. The summed E-state index contributed by atoms with van der Waals surface area (Å²) >= 11 is 3.32. The highest BCUT2D eigenvalue weighted by molar-refractivity contribution is 9.10. The molecule has 2 N–H and O–H groups in total. The molecule has 1 aromatic heterocycles. The Kier molecular flexibility index (Phi) is 3.81. The lowest BCUT2D eigenvalue weighted by molar-refractivity contribution is 0.464. The van der Waals surface area contributed by atoms with Crippen LogP contribution in [0.2, 0.25) is 0 Å². The molecule has 0 aliphatic carbocycles. The van der Waals surface area contributed by atoms with E-state index < -0.39 is 0 Å². The molecule has 0 amide bonds. The monoisotopic (exact) mass is 310 g/mol. The molecule has 0 saturated heterocycles. The Labute approximate surface area is 113 Å². The van der Waals surface area contributed by atoms with Crippen molar-refractivity contribution in [3.8, 4) is 5.75 Å². The van der Waals surface area contributed by atoms with E-state index in [1.165, 1.54) is 12.1 Å². The third-order valence-corrected chi connectivity index (χ3v) is 3.16. The molecular weight excluding hydrogens is 299 g/mol. The minimum atomic E-state index is -0.317. The second kappa shape index (κ2) is 5.35. The molecule has 1 heterocycles. The Morgan fingerprint density at radius 1 is 1.33 bits per heavy atom. The van der Waals surface area contributed by atoms with Gasteiger partial charge >= 0.3 is 0 Å². The minimum Gasteiger partial charge on any atom is -0.506 e. The van der Waals surface area contributed by atoms with Gasteiger partial charge in [0, 0.05) is 10.2 Å².